The number of nitrogens with one attached hydrogen (secondary N) is 2. The van der Waals surface area contributed by atoms with Gasteiger partial charge in [-0.1, -0.05) is 111 Å². The van der Waals surface area contributed by atoms with E-state index in [-0.39, 0.29) is 61.5 Å². The van der Waals surface area contributed by atoms with E-state index in [2.05, 4.69) is 77.5 Å². The molecule has 438 valence electrons. The summed E-state index contributed by atoms with van der Waals surface area (Å²) < 4.78 is 21.5. The van der Waals surface area contributed by atoms with E-state index in [0.717, 1.165) is 44.9 Å². The Bertz CT molecular complexity index is 3330. The van der Waals surface area contributed by atoms with Crippen LogP contribution in [0.2, 0.25) is 0 Å². The second kappa shape index (κ2) is 28.9. The minimum Gasteiger partial charge on any atom is -0.448 e. The van der Waals surface area contributed by atoms with Crippen LogP contribution in [0.1, 0.15) is 77.3 Å². The van der Waals surface area contributed by atoms with E-state index in [1.54, 1.807) is 53.8 Å². The highest BCUT2D eigenvalue weighted by Crippen LogP contribution is 2.44. The second-order valence-corrected chi connectivity index (χ2v) is 23.2. The molecule has 6 aromatic rings. The van der Waals surface area contributed by atoms with Crippen LogP contribution >= 0.6 is 23.5 Å². The zero-order valence-corrected chi connectivity index (χ0v) is 49.5. The number of amides is 5. The highest BCUT2D eigenvalue weighted by atomic mass is 32.2. The molecule has 4 aromatic carbocycles. The fourth-order valence-corrected chi connectivity index (χ4v) is 12.0. The number of likely N-dealkylation sites (tertiary alicyclic amines) is 2. The maximum absolute atomic E-state index is 14.8. The molecule has 1 aliphatic carbocycles. The summed E-state index contributed by atoms with van der Waals surface area (Å²) in [5.41, 5.74) is 4.31. The SMILES string of the molecule is CC(C)C(=O)N[C@H](C(=O)N1CCC[C@H]1Cn1nnnc1Sc1ccccc1)[C@@H](C)OCC#CC#CCO[C@H](C)[C@H](NC(=O)[C@H](C)N(C)C(=O)OCC1c2ccccc2-c2ccccc21)C(=O)N1CCC[C@H]1Cn1nnnc1Sc1ccccc1. The summed E-state index contributed by atoms with van der Waals surface area (Å²) in [6, 6.07) is 31.9. The summed E-state index contributed by atoms with van der Waals surface area (Å²) >= 11 is 2.85. The van der Waals surface area contributed by atoms with E-state index in [1.807, 2.05) is 97.1 Å². The van der Waals surface area contributed by atoms with Gasteiger partial charge in [0.1, 0.15) is 37.9 Å². The Morgan fingerprint density at radius 3 is 1.52 bits per heavy atom. The normalized spacial score (nSPS) is 17.1. The molecule has 2 aromatic heterocycles. The summed E-state index contributed by atoms with van der Waals surface area (Å²) in [5, 5.41) is 31.8. The molecular weight excluding hydrogens is 1110 g/mol. The molecule has 2 fully saturated rings. The predicted octanol–water partition coefficient (Wildman–Crippen LogP) is 6.36. The lowest BCUT2D eigenvalue weighted by Gasteiger charge is -2.33. The van der Waals surface area contributed by atoms with Crippen LogP contribution in [0.5, 0.6) is 0 Å². The van der Waals surface area contributed by atoms with E-state index in [4.69, 9.17) is 14.2 Å². The van der Waals surface area contributed by atoms with Gasteiger partial charge in [-0.2, -0.15) is 0 Å². The van der Waals surface area contributed by atoms with Crippen molar-refractivity contribution in [1.29, 1.82) is 0 Å². The van der Waals surface area contributed by atoms with Gasteiger partial charge >= 0.3 is 6.09 Å². The Kier molecular flexibility index (Phi) is 20.8. The number of benzene rings is 4. The van der Waals surface area contributed by atoms with E-state index in [1.165, 1.54) is 35.5 Å². The Morgan fingerprint density at radius 1 is 0.619 bits per heavy atom. The molecule has 7 atom stereocenters. The number of carbonyl (C=O) groups is 5. The molecular formula is C61H69N13O8S2. The fraction of sp³-hybridized carbons (Fsp3) is 0.426. The van der Waals surface area contributed by atoms with Gasteiger partial charge in [-0.25, -0.2) is 14.2 Å². The van der Waals surface area contributed by atoms with Crippen LogP contribution in [0.4, 0.5) is 4.79 Å². The Balaban J connectivity index is 0.826. The first-order chi connectivity index (χ1) is 40.7. The first-order valence-corrected chi connectivity index (χ1v) is 29.9. The Hall–Kier alpha value is -8.09. The third-order valence-electron chi connectivity index (χ3n) is 15.2. The average Bonchev–Trinajstić information content (AvgIpc) is 3.69. The van der Waals surface area contributed by atoms with E-state index >= 15 is 0 Å². The molecule has 9 rings (SSSR count). The molecule has 84 heavy (non-hydrogen) atoms. The van der Waals surface area contributed by atoms with E-state index in [0.29, 0.717) is 49.3 Å². The lowest BCUT2D eigenvalue weighted by Crippen LogP contribution is -2.58. The van der Waals surface area contributed by atoms with Crippen LogP contribution in [-0.2, 0) is 46.5 Å². The quantitative estimate of drug-likeness (QED) is 0.0665. The number of hydrogen-bond donors (Lipinski definition) is 2. The summed E-state index contributed by atoms with van der Waals surface area (Å²) in [5.74, 6) is 9.20. The topological polar surface area (TPSA) is 234 Å². The molecule has 5 amide bonds. The minimum atomic E-state index is -1.19. The van der Waals surface area contributed by atoms with Gasteiger partial charge in [-0.05, 0) is 149 Å². The van der Waals surface area contributed by atoms with Crippen molar-refractivity contribution in [3.05, 3.63) is 120 Å². The summed E-state index contributed by atoms with van der Waals surface area (Å²) in [6.07, 6.45) is 0.553. The van der Waals surface area contributed by atoms with Crippen molar-refractivity contribution >= 4 is 53.2 Å². The highest BCUT2D eigenvalue weighted by Gasteiger charge is 2.41. The maximum atomic E-state index is 14.8. The van der Waals surface area contributed by atoms with Gasteiger partial charge in [0, 0.05) is 41.8 Å². The molecule has 2 aliphatic heterocycles. The number of likely N-dealkylation sites (N-methyl/N-ethyl adjacent to an activating group) is 1. The van der Waals surface area contributed by atoms with Gasteiger partial charge < -0.3 is 34.6 Å². The fourth-order valence-electron chi connectivity index (χ4n) is 10.4. The third kappa shape index (κ3) is 15.0. The van der Waals surface area contributed by atoms with Crippen LogP contribution in [0.15, 0.2) is 129 Å². The molecule has 2 saturated heterocycles. The molecule has 4 heterocycles. The van der Waals surface area contributed by atoms with Crippen LogP contribution in [0.3, 0.4) is 0 Å². The Morgan fingerprint density at radius 2 is 1.06 bits per heavy atom. The highest BCUT2D eigenvalue weighted by molar-refractivity contribution is 7.99. The van der Waals surface area contributed by atoms with Crippen LogP contribution < -0.4 is 10.6 Å². The number of nitrogens with zero attached hydrogens (tertiary/aromatic N) is 11. The smallest absolute Gasteiger partial charge is 0.410 e. The third-order valence-corrected chi connectivity index (χ3v) is 17.2. The van der Waals surface area contributed by atoms with Crippen molar-refractivity contribution in [2.75, 3.05) is 40.0 Å². The number of hydrogen-bond acceptors (Lipinski definition) is 16. The Labute approximate surface area is 497 Å². The van der Waals surface area contributed by atoms with Crippen molar-refractivity contribution in [2.24, 2.45) is 5.92 Å². The number of aromatic nitrogens is 8. The number of carbonyl (C=O) groups excluding carboxylic acids is 5. The molecule has 23 heteroatoms. The van der Waals surface area contributed by atoms with Crippen LogP contribution in [0.25, 0.3) is 11.1 Å². The van der Waals surface area contributed by atoms with Crippen molar-refractivity contribution in [2.45, 2.75) is 142 Å². The summed E-state index contributed by atoms with van der Waals surface area (Å²) in [7, 11) is 1.49. The minimum absolute atomic E-state index is 0.0687. The zero-order valence-electron chi connectivity index (χ0n) is 47.9. The number of tetrazole rings is 2. The number of rotatable bonds is 23. The first kappa shape index (κ1) is 60.5. The van der Waals surface area contributed by atoms with Crippen LogP contribution in [-0.4, -0.2) is 167 Å². The van der Waals surface area contributed by atoms with Crippen molar-refractivity contribution < 1.29 is 38.2 Å². The number of ether oxygens (including phenoxy) is 3. The molecule has 3 aliphatic rings. The van der Waals surface area contributed by atoms with Gasteiger partial charge in [0.05, 0.1) is 37.4 Å². The molecule has 0 saturated carbocycles. The first-order valence-electron chi connectivity index (χ1n) is 28.2. The molecule has 0 bridgehead atoms. The predicted molar refractivity (Wildman–Crippen MR) is 314 cm³/mol. The van der Waals surface area contributed by atoms with Gasteiger partial charge in [-0.3, -0.25) is 24.1 Å². The van der Waals surface area contributed by atoms with Gasteiger partial charge in [0.2, 0.25) is 33.9 Å². The maximum Gasteiger partial charge on any atom is 0.410 e. The molecule has 0 radical (unpaired) electrons. The second-order valence-electron chi connectivity index (χ2n) is 21.1. The van der Waals surface area contributed by atoms with E-state index in [9.17, 15) is 24.0 Å². The zero-order chi connectivity index (χ0) is 59.1. The average molecular weight is 1180 g/mol. The van der Waals surface area contributed by atoms with Crippen molar-refractivity contribution in [3.8, 4) is 34.8 Å². The molecule has 21 nitrogen and oxygen atoms in total. The largest absolute Gasteiger partial charge is 0.448 e. The van der Waals surface area contributed by atoms with Crippen molar-refractivity contribution in [1.82, 2.24) is 65.7 Å². The van der Waals surface area contributed by atoms with E-state index < -0.39 is 42.3 Å². The molecule has 0 spiro atoms. The van der Waals surface area contributed by atoms with Gasteiger partial charge in [-0.15, -0.1) is 10.2 Å². The van der Waals surface area contributed by atoms with Crippen LogP contribution in [0, 0.1) is 29.6 Å². The van der Waals surface area contributed by atoms with Gasteiger partial charge in [0.25, 0.3) is 0 Å². The molecule has 0 unspecified atom stereocenters. The van der Waals surface area contributed by atoms with Gasteiger partial charge in [0.15, 0.2) is 0 Å². The lowest BCUT2D eigenvalue weighted by atomic mass is 9.98. The summed E-state index contributed by atoms with van der Waals surface area (Å²) in [4.78, 5) is 76.8. The molecule has 2 N–H and O–H groups in total. The monoisotopic (exact) mass is 1180 g/mol. The number of fused-ring (bicyclic) bond motifs is 3. The lowest BCUT2D eigenvalue weighted by molar-refractivity contribution is -0.142. The van der Waals surface area contributed by atoms with Crippen molar-refractivity contribution in [3.63, 3.8) is 0 Å². The standard InChI is InChI=1S/C61H69N13O8S2/c1-40(2)55(75)62-53(57(77)71-33-21-23-44(71)37-73-59(64-66-68-73)83-46-25-11-9-12-26-46)42(4)80-35-19-7-8-20-36-81-43(5)54(58(78)72-34-22-24-45(72)38-74-60(65-67-69-74)84-47-27-13-10-14-28-47)63-56(76)41(3)70(6)61(79)82-39-52-50-31-17-15-29-48(50)49-30-16-18-32-51(49)52/h9-18,25-32,40-45,52-54H,21-24,33-39H2,1-6H3,(H,62,75)(H,63,76)/t41-,42+,43+,44-,45-,53-,54-/m0/s1. The summed E-state index contributed by atoms with van der Waals surface area (Å²) in [6.45, 7) is 9.95.